The van der Waals surface area contributed by atoms with Gasteiger partial charge in [-0.05, 0) is 46.3 Å². The maximum Gasteiger partial charge on any atom is 0.286 e. The van der Waals surface area contributed by atoms with Gasteiger partial charge in [-0.15, -0.1) is 0 Å². The molecule has 22 heavy (non-hydrogen) atoms. The van der Waals surface area contributed by atoms with Crippen LogP contribution in [0.1, 0.15) is 10.5 Å². The molecule has 0 saturated carbocycles. The molecular weight excluding hydrogens is 357 g/mol. The Morgan fingerprint density at radius 2 is 1.95 bits per heavy atom. The highest BCUT2D eigenvalue weighted by atomic mass is 79.9. The molecule has 8 heteroatoms. The van der Waals surface area contributed by atoms with Crippen LogP contribution >= 0.6 is 15.9 Å². The van der Waals surface area contributed by atoms with Crippen molar-refractivity contribution >= 4 is 27.7 Å². The molecule has 1 aromatic carbocycles. The maximum atomic E-state index is 12.7. The molecule has 2 rings (SSSR count). The molecule has 0 unspecified atom stereocenters. The third-order valence-corrected chi connectivity index (χ3v) is 3.14. The van der Waals surface area contributed by atoms with Crippen LogP contribution < -0.4 is 15.6 Å². The Labute approximate surface area is 134 Å². The van der Waals surface area contributed by atoms with E-state index in [1.807, 2.05) is 0 Å². The Bertz CT molecular complexity index is 685. The average Bonchev–Trinajstić information content (AvgIpc) is 2.83. The average molecular weight is 370 g/mol. The van der Waals surface area contributed by atoms with E-state index in [1.165, 1.54) is 24.3 Å². The Morgan fingerprint density at radius 1 is 1.27 bits per heavy atom. The number of nitrogens with zero attached hydrogens (tertiary/aromatic N) is 1. The Morgan fingerprint density at radius 3 is 2.55 bits per heavy atom. The molecule has 2 N–H and O–H groups in total. The summed E-state index contributed by atoms with van der Waals surface area (Å²) in [6.45, 7) is -0.303. The highest BCUT2D eigenvalue weighted by Crippen LogP contribution is 2.13. The minimum Gasteiger partial charge on any atom is -0.484 e. The van der Waals surface area contributed by atoms with Crippen LogP contribution in [-0.2, 0) is 11.8 Å². The molecule has 0 saturated heterocycles. The van der Waals surface area contributed by atoms with Crippen LogP contribution in [0, 0.1) is 5.82 Å². The molecule has 0 radical (unpaired) electrons. The number of hydrazine groups is 1. The van der Waals surface area contributed by atoms with E-state index in [1.54, 1.807) is 23.9 Å². The van der Waals surface area contributed by atoms with Crippen LogP contribution in [0.25, 0.3) is 0 Å². The van der Waals surface area contributed by atoms with Gasteiger partial charge in [0.15, 0.2) is 6.61 Å². The SMILES string of the molecule is Cn1cc(Br)cc1C(=O)NNC(=O)COc1ccc(F)cc1. The number of aryl methyl sites for hydroxylation is 1. The van der Waals surface area contributed by atoms with E-state index in [0.717, 1.165) is 4.47 Å². The number of nitrogens with one attached hydrogen (secondary N) is 2. The molecule has 0 fully saturated rings. The van der Waals surface area contributed by atoms with Crippen molar-refractivity contribution in [2.24, 2.45) is 7.05 Å². The molecule has 0 aliphatic rings. The van der Waals surface area contributed by atoms with Gasteiger partial charge in [0.25, 0.3) is 11.8 Å². The smallest absolute Gasteiger partial charge is 0.286 e. The first kappa shape index (κ1) is 16.0. The summed E-state index contributed by atoms with van der Waals surface area (Å²) in [5.74, 6) is -1.03. The monoisotopic (exact) mass is 369 g/mol. The number of amides is 2. The van der Waals surface area contributed by atoms with Gasteiger partial charge in [0, 0.05) is 17.7 Å². The molecule has 0 aliphatic heterocycles. The summed E-state index contributed by atoms with van der Waals surface area (Å²) in [4.78, 5) is 23.4. The van der Waals surface area contributed by atoms with Crippen LogP contribution in [0.15, 0.2) is 41.0 Å². The summed E-state index contributed by atoms with van der Waals surface area (Å²) < 4.78 is 20.2. The first-order chi connectivity index (χ1) is 10.5. The van der Waals surface area contributed by atoms with Gasteiger partial charge < -0.3 is 9.30 Å². The minimum atomic E-state index is -0.536. The fraction of sp³-hybridized carbons (Fsp3) is 0.143. The second kappa shape index (κ2) is 7.08. The predicted octanol–water partition coefficient (Wildman–Crippen LogP) is 1.77. The molecule has 2 amide bonds. The van der Waals surface area contributed by atoms with Gasteiger partial charge in [-0.1, -0.05) is 0 Å². The highest BCUT2D eigenvalue weighted by molar-refractivity contribution is 9.10. The predicted molar refractivity (Wildman–Crippen MR) is 80.6 cm³/mol. The van der Waals surface area contributed by atoms with Crippen LogP contribution in [-0.4, -0.2) is 23.0 Å². The molecule has 0 bridgehead atoms. The normalized spacial score (nSPS) is 10.1. The maximum absolute atomic E-state index is 12.7. The number of benzene rings is 1. The van der Waals surface area contributed by atoms with Gasteiger partial charge >= 0.3 is 0 Å². The summed E-state index contributed by atoms with van der Waals surface area (Å²) in [5.41, 5.74) is 4.89. The lowest BCUT2D eigenvalue weighted by Gasteiger charge is -2.09. The number of hydrogen-bond donors (Lipinski definition) is 2. The van der Waals surface area contributed by atoms with E-state index in [2.05, 4.69) is 26.8 Å². The Balaban J connectivity index is 1.79. The number of ether oxygens (including phenoxy) is 1. The zero-order valence-electron chi connectivity index (χ0n) is 11.6. The van der Waals surface area contributed by atoms with E-state index < -0.39 is 17.6 Å². The van der Waals surface area contributed by atoms with Gasteiger partial charge in [-0.2, -0.15) is 0 Å². The second-order valence-electron chi connectivity index (χ2n) is 4.40. The minimum absolute atomic E-state index is 0.303. The lowest BCUT2D eigenvalue weighted by molar-refractivity contribution is -0.123. The molecule has 0 aliphatic carbocycles. The number of carbonyl (C=O) groups is 2. The summed E-state index contributed by atoms with van der Waals surface area (Å²) >= 11 is 3.25. The first-order valence-electron chi connectivity index (χ1n) is 6.25. The number of halogens is 2. The van der Waals surface area contributed by atoms with Gasteiger partial charge in [0.1, 0.15) is 17.3 Å². The van der Waals surface area contributed by atoms with Crippen LogP contribution in [0.4, 0.5) is 4.39 Å². The number of hydrogen-bond acceptors (Lipinski definition) is 3. The fourth-order valence-corrected chi connectivity index (χ4v) is 2.18. The molecule has 1 heterocycles. The van der Waals surface area contributed by atoms with E-state index in [-0.39, 0.29) is 6.61 Å². The summed E-state index contributed by atoms with van der Waals surface area (Å²) in [6, 6.07) is 6.88. The summed E-state index contributed by atoms with van der Waals surface area (Å²) in [6.07, 6.45) is 1.72. The van der Waals surface area contributed by atoms with Gasteiger partial charge in [0.05, 0.1) is 0 Å². The van der Waals surface area contributed by atoms with Gasteiger partial charge in [0.2, 0.25) is 0 Å². The summed E-state index contributed by atoms with van der Waals surface area (Å²) in [7, 11) is 1.71. The van der Waals surface area contributed by atoms with Crippen molar-refractivity contribution in [2.45, 2.75) is 0 Å². The van der Waals surface area contributed by atoms with E-state index >= 15 is 0 Å². The Hall–Kier alpha value is -2.35. The number of aromatic nitrogens is 1. The van der Waals surface area contributed by atoms with E-state index in [9.17, 15) is 14.0 Å². The fourth-order valence-electron chi connectivity index (χ4n) is 1.66. The molecule has 2 aromatic rings. The molecule has 6 nitrogen and oxygen atoms in total. The molecule has 116 valence electrons. The van der Waals surface area contributed by atoms with Gasteiger partial charge in [-0.3, -0.25) is 20.4 Å². The van der Waals surface area contributed by atoms with Gasteiger partial charge in [-0.25, -0.2) is 4.39 Å². The zero-order chi connectivity index (χ0) is 16.1. The molecular formula is C14H13BrFN3O3. The van der Waals surface area contributed by atoms with Crippen LogP contribution in [0.5, 0.6) is 5.75 Å². The Kier molecular flexibility index (Phi) is 5.16. The van der Waals surface area contributed by atoms with Crippen molar-refractivity contribution in [1.82, 2.24) is 15.4 Å². The third-order valence-electron chi connectivity index (χ3n) is 2.70. The molecule has 1 aromatic heterocycles. The quantitative estimate of drug-likeness (QED) is 0.806. The second-order valence-corrected chi connectivity index (χ2v) is 5.32. The molecule has 0 spiro atoms. The molecule has 0 atom stereocenters. The summed E-state index contributed by atoms with van der Waals surface area (Å²) in [5, 5.41) is 0. The lowest BCUT2D eigenvalue weighted by atomic mass is 10.3. The van der Waals surface area contributed by atoms with Crippen molar-refractivity contribution in [3.63, 3.8) is 0 Å². The van der Waals surface area contributed by atoms with E-state index in [0.29, 0.717) is 11.4 Å². The number of rotatable bonds is 4. The zero-order valence-corrected chi connectivity index (χ0v) is 13.2. The highest BCUT2D eigenvalue weighted by Gasteiger charge is 2.12. The van der Waals surface area contributed by atoms with Crippen molar-refractivity contribution in [3.8, 4) is 5.75 Å². The van der Waals surface area contributed by atoms with E-state index in [4.69, 9.17) is 4.74 Å². The third kappa shape index (κ3) is 4.32. The largest absolute Gasteiger partial charge is 0.484 e. The topological polar surface area (TPSA) is 72.4 Å². The number of carbonyl (C=O) groups excluding carboxylic acids is 2. The first-order valence-corrected chi connectivity index (χ1v) is 7.04. The van der Waals surface area contributed by atoms with Crippen molar-refractivity contribution in [3.05, 3.63) is 52.5 Å². The van der Waals surface area contributed by atoms with Crippen LogP contribution in [0.3, 0.4) is 0 Å². The standard InChI is InChI=1S/C14H13BrFN3O3/c1-19-7-9(15)6-12(19)14(21)18-17-13(20)8-22-11-4-2-10(16)3-5-11/h2-7H,8H2,1H3,(H,17,20)(H,18,21). The van der Waals surface area contributed by atoms with Crippen molar-refractivity contribution in [1.29, 1.82) is 0 Å². The lowest BCUT2D eigenvalue weighted by Crippen LogP contribution is -2.44. The van der Waals surface area contributed by atoms with Crippen molar-refractivity contribution in [2.75, 3.05) is 6.61 Å². The van der Waals surface area contributed by atoms with Crippen molar-refractivity contribution < 1.29 is 18.7 Å². The van der Waals surface area contributed by atoms with Crippen LogP contribution in [0.2, 0.25) is 0 Å².